The lowest BCUT2D eigenvalue weighted by Crippen LogP contribution is -2.41. The van der Waals surface area contributed by atoms with E-state index in [4.69, 9.17) is 0 Å². The molecule has 3 N–H and O–H groups in total. The summed E-state index contributed by atoms with van der Waals surface area (Å²) in [7, 11) is 0. The molecule has 7 heteroatoms. The zero-order valence-corrected chi connectivity index (χ0v) is 18.9. The predicted molar refractivity (Wildman–Crippen MR) is 124 cm³/mol. The van der Waals surface area contributed by atoms with E-state index in [9.17, 15) is 4.79 Å². The molecule has 0 radical (unpaired) electrons. The Morgan fingerprint density at radius 1 is 1.11 bits per heavy atom. The number of hydrogen-bond acceptors (Lipinski definition) is 3. The number of para-hydroxylation sites is 1. The summed E-state index contributed by atoms with van der Waals surface area (Å²) in [6, 6.07) is 10.5. The minimum Gasteiger partial charge on any atom is -0.372 e. The van der Waals surface area contributed by atoms with Gasteiger partial charge in [0.15, 0.2) is 5.96 Å². The molecule has 0 spiro atoms. The molecular formula is C20H34IN5O. The number of nitrogens with one attached hydrogen (secondary N) is 3. The molecule has 0 aromatic heterocycles. The number of rotatable bonds is 11. The van der Waals surface area contributed by atoms with Gasteiger partial charge in [0, 0.05) is 50.9 Å². The number of aliphatic imine (C=N–C) groups is 1. The number of anilines is 1. The molecule has 0 heterocycles. The minimum absolute atomic E-state index is 0. The molecule has 1 aromatic carbocycles. The average molecular weight is 487 g/mol. The van der Waals surface area contributed by atoms with E-state index in [1.54, 1.807) is 0 Å². The second-order valence-electron chi connectivity index (χ2n) is 6.52. The highest BCUT2D eigenvalue weighted by molar-refractivity contribution is 14.0. The fourth-order valence-electron chi connectivity index (χ4n) is 2.76. The minimum atomic E-state index is 0. The molecule has 1 saturated carbocycles. The zero-order chi connectivity index (χ0) is 18.6. The van der Waals surface area contributed by atoms with Gasteiger partial charge in [0.25, 0.3) is 0 Å². The van der Waals surface area contributed by atoms with Crippen molar-refractivity contribution in [3.05, 3.63) is 30.3 Å². The number of amides is 1. The Morgan fingerprint density at radius 3 is 2.44 bits per heavy atom. The van der Waals surface area contributed by atoms with Crippen LogP contribution in [-0.2, 0) is 4.79 Å². The molecule has 0 unspecified atom stereocenters. The van der Waals surface area contributed by atoms with Gasteiger partial charge in [-0.1, -0.05) is 18.2 Å². The number of nitrogens with zero attached hydrogens (tertiary/aromatic N) is 2. The van der Waals surface area contributed by atoms with Gasteiger partial charge in [0.05, 0.1) is 0 Å². The second kappa shape index (κ2) is 13.6. The van der Waals surface area contributed by atoms with Crippen molar-refractivity contribution in [2.75, 3.05) is 44.2 Å². The van der Waals surface area contributed by atoms with Crippen molar-refractivity contribution in [2.45, 2.75) is 33.1 Å². The normalized spacial score (nSPS) is 13.5. The standard InChI is InChI=1S/C20H33N5O.HI/c1-3-21-20(24-15-14-22-19(26)17-11-12-17)23-13-8-16-25(4-2)18-9-6-5-7-10-18;/h5-7,9-10,17H,3-4,8,11-16H2,1-2H3,(H,22,26)(H2,21,23,24);1H. The van der Waals surface area contributed by atoms with Crippen LogP contribution < -0.4 is 20.9 Å². The van der Waals surface area contributed by atoms with Crippen molar-refractivity contribution in [3.63, 3.8) is 0 Å². The summed E-state index contributed by atoms with van der Waals surface area (Å²) in [5.41, 5.74) is 1.26. The molecule has 1 aliphatic carbocycles. The summed E-state index contributed by atoms with van der Waals surface area (Å²) in [5, 5.41) is 9.49. The third-order valence-electron chi connectivity index (χ3n) is 4.37. The van der Waals surface area contributed by atoms with Crippen molar-refractivity contribution in [2.24, 2.45) is 10.9 Å². The van der Waals surface area contributed by atoms with Crippen molar-refractivity contribution < 1.29 is 4.79 Å². The first-order chi connectivity index (χ1) is 12.7. The van der Waals surface area contributed by atoms with E-state index in [0.717, 1.165) is 51.4 Å². The number of carbonyl (C=O) groups is 1. The highest BCUT2D eigenvalue weighted by Crippen LogP contribution is 2.28. The predicted octanol–water partition coefficient (Wildman–Crippen LogP) is 2.60. The van der Waals surface area contributed by atoms with Crippen LogP contribution in [0.2, 0.25) is 0 Å². The molecule has 1 aliphatic rings. The first-order valence-electron chi connectivity index (χ1n) is 9.84. The molecule has 6 nitrogen and oxygen atoms in total. The summed E-state index contributed by atoms with van der Waals surface area (Å²) >= 11 is 0. The van der Waals surface area contributed by atoms with Crippen LogP contribution in [0.15, 0.2) is 35.3 Å². The van der Waals surface area contributed by atoms with Gasteiger partial charge in [0.1, 0.15) is 0 Å². The number of hydrogen-bond donors (Lipinski definition) is 3. The second-order valence-corrected chi connectivity index (χ2v) is 6.52. The van der Waals surface area contributed by atoms with E-state index in [1.807, 2.05) is 6.07 Å². The third-order valence-corrected chi connectivity index (χ3v) is 4.37. The average Bonchev–Trinajstić information content (AvgIpc) is 3.51. The van der Waals surface area contributed by atoms with Gasteiger partial charge in [-0.25, -0.2) is 0 Å². The lowest BCUT2D eigenvalue weighted by atomic mass is 10.2. The Hall–Kier alpha value is -1.51. The SMILES string of the molecule is CCNC(=NCCCN(CC)c1ccccc1)NCCNC(=O)C1CC1.I. The van der Waals surface area contributed by atoms with Gasteiger partial charge in [-0.3, -0.25) is 9.79 Å². The smallest absolute Gasteiger partial charge is 0.223 e. The summed E-state index contributed by atoms with van der Waals surface area (Å²) in [6.07, 6.45) is 3.08. The van der Waals surface area contributed by atoms with Crippen molar-refractivity contribution in [1.29, 1.82) is 0 Å². The molecule has 0 saturated heterocycles. The van der Waals surface area contributed by atoms with E-state index in [0.29, 0.717) is 13.1 Å². The molecule has 1 fully saturated rings. The fraction of sp³-hybridized carbons (Fsp3) is 0.600. The van der Waals surface area contributed by atoms with Crippen molar-refractivity contribution in [3.8, 4) is 0 Å². The first kappa shape index (κ1) is 23.5. The van der Waals surface area contributed by atoms with Crippen LogP contribution in [0.1, 0.15) is 33.1 Å². The molecule has 0 atom stereocenters. The first-order valence-corrected chi connectivity index (χ1v) is 9.84. The van der Waals surface area contributed by atoms with E-state index >= 15 is 0 Å². The number of carbonyl (C=O) groups excluding carboxylic acids is 1. The Kier molecular flexibility index (Phi) is 11.9. The van der Waals surface area contributed by atoms with E-state index < -0.39 is 0 Å². The Labute approximate surface area is 180 Å². The third kappa shape index (κ3) is 9.30. The van der Waals surface area contributed by atoms with Gasteiger partial charge in [0.2, 0.25) is 5.91 Å². The van der Waals surface area contributed by atoms with E-state index in [-0.39, 0.29) is 35.8 Å². The van der Waals surface area contributed by atoms with Gasteiger partial charge in [-0.05, 0) is 45.2 Å². The lowest BCUT2D eigenvalue weighted by molar-refractivity contribution is -0.122. The summed E-state index contributed by atoms with van der Waals surface area (Å²) < 4.78 is 0. The quantitative estimate of drug-likeness (QED) is 0.194. The molecule has 1 aromatic rings. The van der Waals surface area contributed by atoms with E-state index in [2.05, 4.69) is 64.0 Å². The Morgan fingerprint density at radius 2 is 1.81 bits per heavy atom. The summed E-state index contributed by atoms with van der Waals surface area (Å²) in [6.45, 7) is 9.14. The van der Waals surface area contributed by atoms with Crippen LogP contribution in [-0.4, -0.2) is 51.1 Å². The van der Waals surface area contributed by atoms with Gasteiger partial charge in [-0.2, -0.15) is 0 Å². The van der Waals surface area contributed by atoms with Gasteiger partial charge in [-0.15, -0.1) is 24.0 Å². The molecule has 2 rings (SSSR count). The maximum atomic E-state index is 11.6. The maximum Gasteiger partial charge on any atom is 0.223 e. The van der Waals surface area contributed by atoms with Crippen LogP contribution in [0.3, 0.4) is 0 Å². The fourth-order valence-corrected chi connectivity index (χ4v) is 2.76. The topological polar surface area (TPSA) is 68.8 Å². The zero-order valence-electron chi connectivity index (χ0n) is 16.5. The maximum absolute atomic E-state index is 11.6. The van der Waals surface area contributed by atoms with Gasteiger partial charge >= 0.3 is 0 Å². The van der Waals surface area contributed by atoms with Crippen molar-refractivity contribution in [1.82, 2.24) is 16.0 Å². The Balaban J connectivity index is 0.00000364. The number of benzene rings is 1. The monoisotopic (exact) mass is 487 g/mol. The van der Waals surface area contributed by atoms with Crippen LogP contribution in [0.5, 0.6) is 0 Å². The molecule has 152 valence electrons. The highest BCUT2D eigenvalue weighted by atomic mass is 127. The lowest BCUT2D eigenvalue weighted by Gasteiger charge is -2.22. The Bertz CT molecular complexity index is 563. The van der Waals surface area contributed by atoms with Crippen LogP contribution >= 0.6 is 24.0 Å². The molecule has 1 amide bonds. The molecule has 0 bridgehead atoms. The number of halogens is 1. The van der Waals surface area contributed by atoms with Crippen LogP contribution in [0, 0.1) is 5.92 Å². The van der Waals surface area contributed by atoms with Gasteiger partial charge < -0.3 is 20.9 Å². The van der Waals surface area contributed by atoms with E-state index in [1.165, 1.54) is 5.69 Å². The summed E-state index contributed by atoms with van der Waals surface area (Å²) in [4.78, 5) is 18.6. The largest absolute Gasteiger partial charge is 0.372 e. The van der Waals surface area contributed by atoms with Crippen molar-refractivity contribution >= 4 is 41.5 Å². The van der Waals surface area contributed by atoms with Crippen LogP contribution in [0.4, 0.5) is 5.69 Å². The highest BCUT2D eigenvalue weighted by Gasteiger charge is 2.28. The summed E-state index contributed by atoms with van der Waals surface area (Å²) in [5.74, 6) is 1.27. The molecule has 27 heavy (non-hydrogen) atoms. The molecular weight excluding hydrogens is 453 g/mol. The van der Waals surface area contributed by atoms with Crippen LogP contribution in [0.25, 0.3) is 0 Å². The molecule has 0 aliphatic heterocycles. The number of guanidine groups is 1.